The molecule has 2 aromatic heterocycles. The average molecular weight is 313 g/mol. The van der Waals surface area contributed by atoms with E-state index in [1.54, 1.807) is 34.4 Å². The minimum atomic E-state index is -0.323. The third-order valence-corrected chi connectivity index (χ3v) is 4.51. The van der Waals surface area contributed by atoms with Crippen molar-refractivity contribution in [3.05, 3.63) is 64.5 Å². The standard InChI is InChI=1S/C16H12FN3OS/c17-11-2-1-3-12(6-11)20-9-18-15-13(10-4-5-22-8-10)7-14(21)19-16(15)20/h1-6,8-9,13H,7H2,(H,19,21). The Balaban J connectivity index is 1.84. The van der Waals surface area contributed by atoms with Crippen LogP contribution in [0.5, 0.6) is 0 Å². The van der Waals surface area contributed by atoms with Crippen LogP contribution in [-0.4, -0.2) is 15.5 Å². The molecule has 1 unspecified atom stereocenters. The highest BCUT2D eigenvalue weighted by atomic mass is 32.1. The van der Waals surface area contributed by atoms with Crippen LogP contribution in [0.15, 0.2) is 47.4 Å². The summed E-state index contributed by atoms with van der Waals surface area (Å²) in [6.07, 6.45) is 2.01. The first-order chi connectivity index (χ1) is 10.7. The highest BCUT2D eigenvalue weighted by Crippen LogP contribution is 2.37. The molecule has 0 radical (unpaired) electrons. The number of aromatic nitrogens is 2. The molecule has 110 valence electrons. The normalized spacial score (nSPS) is 17.1. The van der Waals surface area contributed by atoms with Gasteiger partial charge in [0, 0.05) is 12.3 Å². The lowest BCUT2D eigenvalue weighted by Crippen LogP contribution is -2.24. The summed E-state index contributed by atoms with van der Waals surface area (Å²) >= 11 is 1.60. The van der Waals surface area contributed by atoms with Crippen molar-refractivity contribution < 1.29 is 9.18 Å². The Bertz CT molecular complexity index is 841. The van der Waals surface area contributed by atoms with Gasteiger partial charge in [0.05, 0.1) is 11.4 Å². The van der Waals surface area contributed by atoms with Gasteiger partial charge < -0.3 is 5.32 Å². The maximum Gasteiger partial charge on any atom is 0.226 e. The van der Waals surface area contributed by atoms with Crippen LogP contribution in [0.25, 0.3) is 5.69 Å². The summed E-state index contributed by atoms with van der Waals surface area (Å²) in [6, 6.07) is 8.24. The fraction of sp³-hybridized carbons (Fsp3) is 0.125. The van der Waals surface area contributed by atoms with E-state index >= 15 is 0 Å². The van der Waals surface area contributed by atoms with Crippen LogP contribution in [0, 0.1) is 5.82 Å². The van der Waals surface area contributed by atoms with Gasteiger partial charge in [-0.1, -0.05) is 6.07 Å². The van der Waals surface area contributed by atoms with Gasteiger partial charge in [-0.05, 0) is 40.6 Å². The molecule has 0 bridgehead atoms. The minimum absolute atomic E-state index is 0.0511. The van der Waals surface area contributed by atoms with Gasteiger partial charge in [0.1, 0.15) is 18.0 Å². The minimum Gasteiger partial charge on any atom is -0.310 e. The maximum atomic E-state index is 13.4. The zero-order valence-corrected chi connectivity index (χ0v) is 12.3. The van der Waals surface area contributed by atoms with Crippen LogP contribution in [0.3, 0.4) is 0 Å². The van der Waals surface area contributed by atoms with Gasteiger partial charge in [-0.25, -0.2) is 9.37 Å². The van der Waals surface area contributed by atoms with E-state index in [-0.39, 0.29) is 17.6 Å². The quantitative estimate of drug-likeness (QED) is 0.786. The van der Waals surface area contributed by atoms with Crippen LogP contribution >= 0.6 is 11.3 Å². The number of anilines is 1. The molecule has 0 spiro atoms. The number of hydrogen-bond donors (Lipinski definition) is 1. The van der Waals surface area contributed by atoms with Crippen molar-refractivity contribution in [3.63, 3.8) is 0 Å². The third kappa shape index (κ3) is 2.12. The Kier molecular flexibility index (Phi) is 3.04. The zero-order chi connectivity index (χ0) is 15.1. The number of carbonyl (C=O) groups is 1. The van der Waals surface area contributed by atoms with Crippen LogP contribution in [0.4, 0.5) is 10.2 Å². The van der Waals surface area contributed by atoms with Crippen molar-refractivity contribution in [1.82, 2.24) is 9.55 Å². The number of rotatable bonds is 2. The second-order valence-electron chi connectivity index (χ2n) is 5.19. The molecule has 0 saturated heterocycles. The van der Waals surface area contributed by atoms with Crippen LogP contribution in [0.2, 0.25) is 0 Å². The van der Waals surface area contributed by atoms with Gasteiger partial charge in [-0.2, -0.15) is 11.3 Å². The number of halogens is 1. The molecule has 3 aromatic rings. The van der Waals surface area contributed by atoms with E-state index in [9.17, 15) is 9.18 Å². The molecular weight excluding hydrogens is 301 g/mol. The predicted molar refractivity (Wildman–Crippen MR) is 82.9 cm³/mol. The number of benzene rings is 1. The van der Waals surface area contributed by atoms with Crippen molar-refractivity contribution in [2.45, 2.75) is 12.3 Å². The van der Waals surface area contributed by atoms with Gasteiger partial charge >= 0.3 is 0 Å². The molecule has 6 heteroatoms. The molecule has 0 saturated carbocycles. The summed E-state index contributed by atoms with van der Waals surface area (Å²) in [5, 5.41) is 6.89. The molecule has 1 N–H and O–H groups in total. The lowest BCUT2D eigenvalue weighted by atomic mass is 9.92. The van der Waals surface area contributed by atoms with E-state index in [1.807, 2.05) is 16.8 Å². The zero-order valence-electron chi connectivity index (χ0n) is 11.5. The highest BCUT2D eigenvalue weighted by molar-refractivity contribution is 7.08. The van der Waals surface area contributed by atoms with Crippen molar-refractivity contribution in [1.29, 1.82) is 0 Å². The number of imidazole rings is 1. The van der Waals surface area contributed by atoms with Crippen molar-refractivity contribution in [2.24, 2.45) is 0 Å². The first-order valence-corrected chi connectivity index (χ1v) is 7.82. The number of nitrogens with one attached hydrogen (secondary N) is 1. The largest absolute Gasteiger partial charge is 0.310 e. The summed E-state index contributed by atoms with van der Waals surface area (Å²) in [4.78, 5) is 16.5. The van der Waals surface area contributed by atoms with Gasteiger partial charge in [0.25, 0.3) is 0 Å². The summed E-state index contributed by atoms with van der Waals surface area (Å²) in [5.41, 5.74) is 2.55. The van der Waals surface area contributed by atoms with E-state index in [4.69, 9.17) is 0 Å². The number of nitrogens with zero attached hydrogens (tertiary/aromatic N) is 2. The Morgan fingerprint density at radius 1 is 1.36 bits per heavy atom. The Morgan fingerprint density at radius 2 is 2.27 bits per heavy atom. The SMILES string of the molecule is O=C1CC(c2ccsc2)c2ncn(-c3cccc(F)c3)c2N1. The third-order valence-electron chi connectivity index (χ3n) is 3.81. The Hall–Kier alpha value is -2.47. The highest BCUT2D eigenvalue weighted by Gasteiger charge is 2.31. The molecule has 1 aliphatic rings. The average Bonchev–Trinajstić information content (AvgIpc) is 3.16. The predicted octanol–water partition coefficient (Wildman–Crippen LogP) is 3.55. The molecular formula is C16H12FN3OS. The van der Waals surface area contributed by atoms with Crippen LogP contribution < -0.4 is 5.32 Å². The summed E-state index contributed by atoms with van der Waals surface area (Å²) in [6.45, 7) is 0. The second kappa shape index (κ2) is 5.06. The molecule has 1 aromatic carbocycles. The van der Waals surface area contributed by atoms with Crippen molar-refractivity contribution >= 4 is 23.1 Å². The number of thiophene rings is 1. The van der Waals surface area contributed by atoms with E-state index in [1.165, 1.54) is 12.1 Å². The van der Waals surface area contributed by atoms with Crippen molar-refractivity contribution in [2.75, 3.05) is 5.32 Å². The van der Waals surface area contributed by atoms with Gasteiger partial charge in [-0.15, -0.1) is 0 Å². The lowest BCUT2D eigenvalue weighted by Gasteiger charge is -2.22. The fourth-order valence-corrected chi connectivity index (χ4v) is 3.49. The molecule has 0 fully saturated rings. The number of hydrogen-bond acceptors (Lipinski definition) is 3. The Labute approximate surface area is 130 Å². The molecule has 1 aliphatic heterocycles. The number of carbonyl (C=O) groups excluding carboxylic acids is 1. The smallest absolute Gasteiger partial charge is 0.226 e. The Morgan fingerprint density at radius 3 is 3.05 bits per heavy atom. The van der Waals surface area contributed by atoms with Gasteiger partial charge in [0.2, 0.25) is 5.91 Å². The molecule has 1 amide bonds. The molecule has 0 aliphatic carbocycles. The molecule has 22 heavy (non-hydrogen) atoms. The van der Waals surface area contributed by atoms with Gasteiger partial charge in [0.15, 0.2) is 0 Å². The maximum absolute atomic E-state index is 13.4. The summed E-state index contributed by atoms with van der Waals surface area (Å²) in [7, 11) is 0. The van der Waals surface area contributed by atoms with E-state index < -0.39 is 0 Å². The monoisotopic (exact) mass is 313 g/mol. The fourth-order valence-electron chi connectivity index (χ4n) is 2.78. The lowest BCUT2D eigenvalue weighted by molar-refractivity contribution is -0.116. The van der Waals surface area contributed by atoms with E-state index in [2.05, 4.69) is 10.3 Å². The van der Waals surface area contributed by atoms with E-state index in [0.717, 1.165) is 11.3 Å². The van der Waals surface area contributed by atoms with E-state index in [0.29, 0.717) is 17.9 Å². The summed E-state index contributed by atoms with van der Waals surface area (Å²) in [5.74, 6) is 0.196. The first-order valence-electron chi connectivity index (χ1n) is 6.87. The first kappa shape index (κ1) is 13.2. The molecule has 4 rings (SSSR count). The van der Waals surface area contributed by atoms with Gasteiger partial charge in [-0.3, -0.25) is 9.36 Å². The van der Waals surface area contributed by atoms with Crippen molar-refractivity contribution in [3.8, 4) is 5.69 Å². The second-order valence-corrected chi connectivity index (χ2v) is 5.97. The number of fused-ring (bicyclic) bond motifs is 1. The van der Waals surface area contributed by atoms with Crippen LogP contribution in [0.1, 0.15) is 23.6 Å². The molecule has 1 atom stereocenters. The topological polar surface area (TPSA) is 46.9 Å². The number of amides is 1. The molecule has 4 nitrogen and oxygen atoms in total. The molecule has 3 heterocycles. The summed E-state index contributed by atoms with van der Waals surface area (Å²) < 4.78 is 15.2. The van der Waals surface area contributed by atoms with Crippen LogP contribution in [-0.2, 0) is 4.79 Å².